The molecule has 0 bridgehead atoms. The normalized spacial score (nSPS) is 11.4. The average molecular weight is 319 g/mol. The SMILES string of the molecule is CCCCCCCCCCCCCCCC(CS)CS. The average Bonchev–Trinajstić information content (AvgIpc) is 2.48. The van der Waals surface area contributed by atoms with Gasteiger partial charge in [-0.3, -0.25) is 0 Å². The minimum atomic E-state index is 0.731. The quantitative estimate of drug-likeness (QED) is 0.223. The van der Waals surface area contributed by atoms with E-state index in [0.717, 1.165) is 17.4 Å². The fourth-order valence-electron chi connectivity index (χ4n) is 2.69. The zero-order chi connectivity index (χ0) is 14.9. The molecule has 0 aromatic heterocycles. The first kappa shape index (κ1) is 20.7. The van der Waals surface area contributed by atoms with Crippen molar-refractivity contribution in [2.45, 2.75) is 96.8 Å². The second-order valence-electron chi connectivity index (χ2n) is 6.26. The van der Waals surface area contributed by atoms with Crippen LogP contribution in [-0.2, 0) is 0 Å². The molecule has 0 rings (SSSR count). The number of hydrogen-bond acceptors (Lipinski definition) is 2. The molecule has 0 unspecified atom stereocenters. The van der Waals surface area contributed by atoms with Crippen molar-refractivity contribution in [1.82, 2.24) is 0 Å². The Kier molecular flexibility index (Phi) is 18.4. The van der Waals surface area contributed by atoms with Crippen molar-refractivity contribution in [2.75, 3.05) is 11.5 Å². The van der Waals surface area contributed by atoms with Gasteiger partial charge in [0.25, 0.3) is 0 Å². The Balaban J connectivity index is 3.02. The predicted octanol–water partition coefficient (Wildman–Crippen LogP) is 6.94. The molecule has 0 aliphatic carbocycles. The van der Waals surface area contributed by atoms with E-state index >= 15 is 0 Å². The highest BCUT2D eigenvalue weighted by molar-refractivity contribution is 7.81. The van der Waals surface area contributed by atoms with Gasteiger partial charge >= 0.3 is 0 Å². The first-order valence-electron chi connectivity index (χ1n) is 9.06. The molecule has 0 heterocycles. The molecular formula is C18H38S2. The Morgan fingerprint density at radius 1 is 0.550 bits per heavy atom. The van der Waals surface area contributed by atoms with Gasteiger partial charge in [0, 0.05) is 0 Å². The van der Waals surface area contributed by atoms with Crippen LogP contribution >= 0.6 is 25.3 Å². The van der Waals surface area contributed by atoms with Crippen molar-refractivity contribution in [3.05, 3.63) is 0 Å². The monoisotopic (exact) mass is 318 g/mol. The molecule has 0 nitrogen and oxygen atoms in total. The molecule has 20 heavy (non-hydrogen) atoms. The van der Waals surface area contributed by atoms with E-state index in [2.05, 4.69) is 32.2 Å². The van der Waals surface area contributed by atoms with Crippen LogP contribution in [0.3, 0.4) is 0 Å². The minimum absolute atomic E-state index is 0.731. The van der Waals surface area contributed by atoms with E-state index in [0.29, 0.717) is 0 Å². The molecule has 2 heteroatoms. The van der Waals surface area contributed by atoms with Crippen LogP contribution < -0.4 is 0 Å². The van der Waals surface area contributed by atoms with Crippen LogP contribution in [0.5, 0.6) is 0 Å². The van der Waals surface area contributed by atoms with Crippen molar-refractivity contribution < 1.29 is 0 Å². The lowest BCUT2D eigenvalue weighted by molar-refractivity contribution is 0.510. The summed E-state index contributed by atoms with van der Waals surface area (Å²) in [7, 11) is 0. The molecule has 0 saturated carbocycles. The largest absolute Gasteiger partial charge is 0.179 e. The standard InChI is InChI=1S/C18H38S2/c1-2-3-4-5-6-7-8-9-10-11-12-13-14-15-18(16-19)17-20/h18-20H,2-17H2,1H3. The van der Waals surface area contributed by atoms with E-state index in [1.807, 2.05) is 0 Å². The number of unbranched alkanes of at least 4 members (excludes halogenated alkanes) is 12. The summed E-state index contributed by atoms with van der Waals surface area (Å²) < 4.78 is 0. The van der Waals surface area contributed by atoms with Gasteiger partial charge in [0.15, 0.2) is 0 Å². The van der Waals surface area contributed by atoms with Crippen LogP contribution in [0.15, 0.2) is 0 Å². The molecule has 0 aromatic rings. The van der Waals surface area contributed by atoms with Gasteiger partial charge in [-0.25, -0.2) is 0 Å². The molecule has 0 aliphatic rings. The van der Waals surface area contributed by atoms with E-state index in [9.17, 15) is 0 Å². The highest BCUT2D eigenvalue weighted by Crippen LogP contribution is 2.16. The summed E-state index contributed by atoms with van der Waals surface area (Å²) in [6, 6.07) is 0. The molecule has 0 aliphatic heterocycles. The topological polar surface area (TPSA) is 0 Å². The molecule has 0 atom stereocenters. The molecule has 0 amide bonds. The molecular weight excluding hydrogens is 280 g/mol. The van der Waals surface area contributed by atoms with E-state index in [1.165, 1.54) is 89.9 Å². The number of thiol groups is 2. The fourth-order valence-corrected chi connectivity index (χ4v) is 3.52. The second-order valence-corrected chi connectivity index (χ2v) is 6.99. The lowest BCUT2D eigenvalue weighted by atomic mass is 10.0. The maximum absolute atomic E-state index is 4.36. The van der Waals surface area contributed by atoms with Gasteiger partial charge < -0.3 is 0 Å². The minimum Gasteiger partial charge on any atom is -0.179 e. The highest BCUT2D eigenvalue weighted by Gasteiger charge is 2.03. The van der Waals surface area contributed by atoms with Crippen molar-refractivity contribution >= 4 is 25.3 Å². The smallest absolute Gasteiger partial charge is 0.00617 e. The Labute approximate surface area is 139 Å². The van der Waals surface area contributed by atoms with Crippen LogP contribution in [0, 0.1) is 5.92 Å². The van der Waals surface area contributed by atoms with Crippen molar-refractivity contribution in [3.63, 3.8) is 0 Å². The first-order valence-corrected chi connectivity index (χ1v) is 10.3. The van der Waals surface area contributed by atoms with Crippen LogP contribution in [0.4, 0.5) is 0 Å². The maximum atomic E-state index is 4.36. The number of hydrogen-bond donors (Lipinski definition) is 2. The summed E-state index contributed by atoms with van der Waals surface area (Å²) in [5.41, 5.74) is 0. The summed E-state index contributed by atoms with van der Waals surface area (Å²) >= 11 is 8.73. The van der Waals surface area contributed by atoms with E-state index in [1.54, 1.807) is 0 Å². The third-order valence-electron chi connectivity index (χ3n) is 4.23. The molecule has 0 radical (unpaired) electrons. The Hall–Kier alpha value is 0.700. The highest BCUT2D eigenvalue weighted by atomic mass is 32.1. The summed E-state index contributed by atoms with van der Waals surface area (Å²) in [5, 5.41) is 0. The van der Waals surface area contributed by atoms with E-state index in [-0.39, 0.29) is 0 Å². The van der Waals surface area contributed by atoms with Crippen LogP contribution in [0.25, 0.3) is 0 Å². The predicted molar refractivity (Wildman–Crippen MR) is 102 cm³/mol. The van der Waals surface area contributed by atoms with E-state index in [4.69, 9.17) is 0 Å². The Morgan fingerprint density at radius 2 is 0.900 bits per heavy atom. The molecule has 0 spiro atoms. The Morgan fingerprint density at radius 3 is 1.25 bits per heavy atom. The van der Waals surface area contributed by atoms with Crippen LogP contribution in [0.1, 0.15) is 96.8 Å². The van der Waals surface area contributed by atoms with Crippen molar-refractivity contribution in [3.8, 4) is 0 Å². The zero-order valence-corrected chi connectivity index (χ0v) is 15.6. The van der Waals surface area contributed by atoms with Crippen molar-refractivity contribution in [1.29, 1.82) is 0 Å². The van der Waals surface area contributed by atoms with Crippen molar-refractivity contribution in [2.24, 2.45) is 5.92 Å². The van der Waals surface area contributed by atoms with Gasteiger partial charge in [0.1, 0.15) is 0 Å². The molecule has 0 saturated heterocycles. The summed E-state index contributed by atoms with van der Waals surface area (Å²) in [5.74, 6) is 2.73. The second kappa shape index (κ2) is 17.8. The lowest BCUT2D eigenvalue weighted by Gasteiger charge is -2.10. The van der Waals surface area contributed by atoms with Crippen LogP contribution in [-0.4, -0.2) is 11.5 Å². The van der Waals surface area contributed by atoms with Gasteiger partial charge in [-0.2, -0.15) is 25.3 Å². The molecule has 122 valence electrons. The van der Waals surface area contributed by atoms with Gasteiger partial charge in [0.2, 0.25) is 0 Å². The lowest BCUT2D eigenvalue weighted by Crippen LogP contribution is -2.03. The molecule has 0 aromatic carbocycles. The van der Waals surface area contributed by atoms with Gasteiger partial charge in [-0.1, -0.05) is 90.4 Å². The summed E-state index contributed by atoms with van der Waals surface area (Å²) in [6.07, 6.45) is 20.0. The third-order valence-corrected chi connectivity index (χ3v) is 5.27. The summed E-state index contributed by atoms with van der Waals surface area (Å²) in [6.45, 7) is 2.29. The van der Waals surface area contributed by atoms with Crippen LogP contribution in [0.2, 0.25) is 0 Å². The maximum Gasteiger partial charge on any atom is -0.00617 e. The Bertz CT molecular complexity index is 167. The fraction of sp³-hybridized carbons (Fsp3) is 1.00. The van der Waals surface area contributed by atoms with Gasteiger partial charge in [0.05, 0.1) is 0 Å². The third kappa shape index (κ3) is 15.1. The first-order chi connectivity index (χ1) is 9.85. The molecule has 0 N–H and O–H groups in total. The number of rotatable bonds is 16. The van der Waals surface area contributed by atoms with Gasteiger partial charge in [-0.15, -0.1) is 0 Å². The zero-order valence-electron chi connectivity index (χ0n) is 13.8. The van der Waals surface area contributed by atoms with Gasteiger partial charge in [-0.05, 0) is 23.8 Å². The van der Waals surface area contributed by atoms with E-state index < -0.39 is 0 Å². The summed E-state index contributed by atoms with van der Waals surface area (Å²) in [4.78, 5) is 0. The molecule has 0 fully saturated rings.